The molecule has 5 nitrogen and oxygen atoms in total. The molecule has 0 spiro atoms. The maximum absolute atomic E-state index is 11.9. The molecule has 1 aromatic heterocycles. The summed E-state index contributed by atoms with van der Waals surface area (Å²) in [6.45, 7) is 0. The van der Waals surface area contributed by atoms with Crippen molar-refractivity contribution in [1.29, 1.82) is 0 Å². The first-order chi connectivity index (χ1) is 13.2. The number of aliphatic hydroxyl groups is 1. The Morgan fingerprint density at radius 3 is 2.93 bits per heavy atom. The number of rotatable bonds is 2. The van der Waals surface area contributed by atoms with E-state index in [0.29, 0.717) is 5.56 Å². The molecular weight excluding hydrogens is 338 g/mol. The predicted octanol–water partition coefficient (Wildman–Crippen LogP) is 3.11. The lowest BCUT2D eigenvalue weighted by Crippen LogP contribution is -2.29. The number of hydrogen-bond acceptors (Lipinski definition) is 3. The summed E-state index contributed by atoms with van der Waals surface area (Å²) in [5.74, 6) is -0.0258. The highest BCUT2D eigenvalue weighted by Gasteiger charge is 2.40. The molecule has 1 aliphatic heterocycles. The lowest BCUT2D eigenvalue weighted by molar-refractivity contribution is 0.0719. The van der Waals surface area contributed by atoms with Crippen LogP contribution in [0.3, 0.4) is 0 Å². The molecule has 0 radical (unpaired) electrons. The average molecular weight is 359 g/mol. The molecule has 1 aliphatic carbocycles. The van der Waals surface area contributed by atoms with E-state index < -0.39 is 6.10 Å². The van der Waals surface area contributed by atoms with Crippen LogP contribution >= 0.6 is 0 Å². The van der Waals surface area contributed by atoms with Crippen LogP contribution < -0.4 is 5.32 Å². The van der Waals surface area contributed by atoms with Crippen molar-refractivity contribution in [1.82, 2.24) is 14.9 Å². The van der Waals surface area contributed by atoms with Gasteiger partial charge in [-0.15, -0.1) is 0 Å². The van der Waals surface area contributed by atoms with Gasteiger partial charge in [-0.05, 0) is 41.7 Å². The van der Waals surface area contributed by atoms with Gasteiger partial charge in [0.2, 0.25) is 0 Å². The molecule has 27 heavy (non-hydrogen) atoms. The van der Waals surface area contributed by atoms with Gasteiger partial charge in [-0.3, -0.25) is 4.79 Å². The van der Waals surface area contributed by atoms with Crippen molar-refractivity contribution < 1.29 is 9.90 Å². The fourth-order valence-electron chi connectivity index (χ4n) is 4.75. The van der Waals surface area contributed by atoms with Gasteiger partial charge in [-0.2, -0.15) is 0 Å². The molecule has 2 aromatic carbocycles. The number of aromatic nitrogens is 2. The second kappa shape index (κ2) is 6.06. The number of hydrogen-bond donors (Lipinski definition) is 2. The summed E-state index contributed by atoms with van der Waals surface area (Å²) >= 11 is 0. The molecule has 5 heteroatoms. The Labute approximate surface area is 157 Å². The standard InChI is InChI=1S/C22H21N3O2/c1-23-22(27)14-7-8-15-13(10-14)6-9-18(21(15)26)20-17-5-3-2-4-16(17)19-11-24-12-25(19)20/h2-5,7-8,10-12,18,20-21,26H,6,9H2,1H3,(H,23,27). The van der Waals surface area contributed by atoms with Gasteiger partial charge in [-0.25, -0.2) is 4.98 Å². The van der Waals surface area contributed by atoms with E-state index in [1.165, 1.54) is 11.1 Å². The Morgan fingerprint density at radius 1 is 1.22 bits per heavy atom. The van der Waals surface area contributed by atoms with Crippen molar-refractivity contribution in [2.24, 2.45) is 5.92 Å². The first-order valence-corrected chi connectivity index (χ1v) is 9.33. The Bertz CT molecular complexity index is 1040. The van der Waals surface area contributed by atoms with Crippen LogP contribution in [-0.2, 0) is 6.42 Å². The van der Waals surface area contributed by atoms with E-state index in [4.69, 9.17) is 0 Å². The first kappa shape index (κ1) is 16.3. The minimum Gasteiger partial charge on any atom is -0.388 e. The summed E-state index contributed by atoms with van der Waals surface area (Å²) in [5, 5.41) is 13.9. The maximum atomic E-state index is 11.9. The topological polar surface area (TPSA) is 67.2 Å². The molecule has 0 saturated carbocycles. The molecule has 2 heterocycles. The van der Waals surface area contributed by atoms with Gasteiger partial charge in [0, 0.05) is 24.1 Å². The second-order valence-electron chi connectivity index (χ2n) is 7.36. The Morgan fingerprint density at radius 2 is 2.07 bits per heavy atom. The summed E-state index contributed by atoms with van der Waals surface area (Å²) in [6.07, 6.45) is 4.92. The molecule has 2 N–H and O–H groups in total. The lowest BCUT2D eigenvalue weighted by atomic mass is 9.75. The molecule has 3 atom stereocenters. The number of aryl methyl sites for hydroxylation is 1. The molecule has 3 unspecified atom stereocenters. The third-order valence-electron chi connectivity index (χ3n) is 6.03. The second-order valence-corrected chi connectivity index (χ2v) is 7.36. The highest BCUT2D eigenvalue weighted by molar-refractivity contribution is 5.94. The molecule has 0 bridgehead atoms. The van der Waals surface area contributed by atoms with Crippen LogP contribution in [0.5, 0.6) is 0 Å². The van der Waals surface area contributed by atoms with Gasteiger partial charge in [0.1, 0.15) is 0 Å². The van der Waals surface area contributed by atoms with Crippen LogP contribution in [0.2, 0.25) is 0 Å². The normalized spacial score (nSPS) is 22.7. The monoisotopic (exact) mass is 359 g/mol. The Hall–Kier alpha value is -2.92. The molecule has 0 saturated heterocycles. The molecule has 2 aliphatic rings. The highest BCUT2D eigenvalue weighted by Crippen LogP contribution is 2.49. The van der Waals surface area contributed by atoms with Gasteiger partial charge < -0.3 is 15.0 Å². The zero-order valence-electron chi connectivity index (χ0n) is 15.1. The van der Waals surface area contributed by atoms with Crippen LogP contribution in [0.1, 0.15) is 45.6 Å². The molecule has 1 amide bonds. The fraction of sp³-hybridized carbons (Fsp3) is 0.273. The lowest BCUT2D eigenvalue weighted by Gasteiger charge is -2.35. The van der Waals surface area contributed by atoms with Crippen molar-refractivity contribution in [3.63, 3.8) is 0 Å². The third kappa shape index (κ3) is 2.35. The number of benzene rings is 2. The molecule has 3 aromatic rings. The van der Waals surface area contributed by atoms with Gasteiger partial charge >= 0.3 is 0 Å². The number of amides is 1. The number of carbonyl (C=O) groups excluding carboxylic acids is 1. The molecule has 5 rings (SSSR count). The number of fused-ring (bicyclic) bond motifs is 4. The maximum Gasteiger partial charge on any atom is 0.251 e. The van der Waals surface area contributed by atoms with E-state index in [1.54, 1.807) is 13.1 Å². The Kier molecular flexibility index (Phi) is 3.65. The molecule has 136 valence electrons. The van der Waals surface area contributed by atoms with Crippen LogP contribution in [0.25, 0.3) is 11.3 Å². The molecular formula is C22H21N3O2. The SMILES string of the molecule is CNC(=O)c1ccc2c(c1)CCC(C1c3ccccc3-c3cncn31)C2O. The number of nitrogens with zero attached hydrogens (tertiary/aromatic N) is 2. The van der Waals surface area contributed by atoms with Gasteiger partial charge in [0.15, 0.2) is 0 Å². The quantitative estimate of drug-likeness (QED) is 0.739. The molecule has 0 fully saturated rings. The van der Waals surface area contributed by atoms with Gasteiger partial charge in [0.25, 0.3) is 5.91 Å². The number of carbonyl (C=O) groups is 1. The predicted molar refractivity (Wildman–Crippen MR) is 102 cm³/mol. The largest absolute Gasteiger partial charge is 0.388 e. The van der Waals surface area contributed by atoms with E-state index in [1.807, 2.05) is 30.7 Å². The van der Waals surface area contributed by atoms with Gasteiger partial charge in [0.05, 0.1) is 30.4 Å². The van der Waals surface area contributed by atoms with Crippen molar-refractivity contribution in [2.45, 2.75) is 25.0 Å². The highest BCUT2D eigenvalue weighted by atomic mass is 16.3. The minimum absolute atomic E-state index is 0.0694. The zero-order chi connectivity index (χ0) is 18.5. The van der Waals surface area contributed by atoms with E-state index in [9.17, 15) is 9.90 Å². The zero-order valence-corrected chi connectivity index (χ0v) is 15.1. The minimum atomic E-state index is -0.570. The van der Waals surface area contributed by atoms with Crippen molar-refractivity contribution in [3.05, 3.63) is 77.2 Å². The van der Waals surface area contributed by atoms with Crippen molar-refractivity contribution in [3.8, 4) is 11.3 Å². The average Bonchev–Trinajstić information content (AvgIpc) is 3.29. The van der Waals surface area contributed by atoms with Crippen molar-refractivity contribution >= 4 is 5.91 Å². The van der Waals surface area contributed by atoms with Crippen LogP contribution in [0.15, 0.2) is 55.0 Å². The third-order valence-corrected chi connectivity index (χ3v) is 6.03. The number of nitrogens with one attached hydrogen (secondary N) is 1. The Balaban J connectivity index is 1.54. The van der Waals surface area contributed by atoms with Gasteiger partial charge in [-0.1, -0.05) is 30.3 Å². The van der Waals surface area contributed by atoms with Crippen molar-refractivity contribution in [2.75, 3.05) is 7.05 Å². The summed E-state index contributed by atoms with van der Waals surface area (Å²) in [4.78, 5) is 16.2. The fourth-order valence-corrected chi connectivity index (χ4v) is 4.75. The summed E-state index contributed by atoms with van der Waals surface area (Å²) in [7, 11) is 1.63. The number of imidazole rings is 1. The van der Waals surface area contributed by atoms with E-state index in [-0.39, 0.29) is 17.9 Å². The van der Waals surface area contributed by atoms with E-state index >= 15 is 0 Å². The summed E-state index contributed by atoms with van der Waals surface area (Å²) < 4.78 is 2.20. The van der Waals surface area contributed by atoms with E-state index in [2.05, 4.69) is 33.1 Å². The van der Waals surface area contributed by atoms with E-state index in [0.717, 1.165) is 29.7 Å². The number of aliphatic hydroxyl groups excluding tert-OH is 1. The van der Waals surface area contributed by atoms with Crippen LogP contribution in [0, 0.1) is 5.92 Å². The smallest absolute Gasteiger partial charge is 0.251 e. The first-order valence-electron chi connectivity index (χ1n) is 9.33. The summed E-state index contributed by atoms with van der Waals surface area (Å²) in [6, 6.07) is 14.1. The summed E-state index contributed by atoms with van der Waals surface area (Å²) in [5.41, 5.74) is 6.22. The van der Waals surface area contributed by atoms with Crippen LogP contribution in [-0.4, -0.2) is 27.6 Å². The van der Waals surface area contributed by atoms with Crippen LogP contribution in [0.4, 0.5) is 0 Å².